The van der Waals surface area contributed by atoms with Gasteiger partial charge in [0.15, 0.2) is 0 Å². The van der Waals surface area contributed by atoms with Crippen molar-refractivity contribution in [2.75, 3.05) is 0 Å². The third kappa shape index (κ3) is 5.48. The minimum absolute atomic E-state index is 0.979. The first-order chi connectivity index (χ1) is 3.27. The van der Waals surface area contributed by atoms with Crippen LogP contribution in [0.5, 0.6) is 0 Å². The van der Waals surface area contributed by atoms with E-state index in [4.69, 9.17) is 0 Å². The molecule has 0 nitrogen and oxygen atoms in total. The predicted molar refractivity (Wildman–Crippen MR) is 32.9 cm³/mol. The second kappa shape index (κ2) is 3.66. The molecule has 0 saturated carbocycles. The fourth-order valence-corrected chi connectivity index (χ4v) is 0.276. The molecular weight excluding hydrogens is 84.1 g/mol. The molecular formula is C7H11. The smallest absolute Gasteiger partial charge is 0.0305 e. The van der Waals surface area contributed by atoms with Gasteiger partial charge in [0, 0.05) is 0 Å². The van der Waals surface area contributed by atoms with E-state index in [1.807, 2.05) is 13.0 Å². The monoisotopic (exact) mass is 95.1 g/mol. The molecule has 0 unspecified atom stereocenters. The topological polar surface area (TPSA) is 0 Å². The Morgan fingerprint density at radius 3 is 2.57 bits per heavy atom. The minimum Gasteiger partial charge on any atom is -0.0961 e. The van der Waals surface area contributed by atoms with E-state index in [1.165, 1.54) is 0 Å². The van der Waals surface area contributed by atoms with Crippen LogP contribution in [0.1, 0.15) is 20.3 Å². The van der Waals surface area contributed by atoms with E-state index in [2.05, 4.69) is 19.6 Å². The summed E-state index contributed by atoms with van der Waals surface area (Å²) in [6.07, 6.45) is 5.90. The van der Waals surface area contributed by atoms with Gasteiger partial charge in [0.25, 0.3) is 0 Å². The number of allylic oxidation sites excluding steroid dienone is 3. The van der Waals surface area contributed by atoms with Gasteiger partial charge in [-0.25, -0.2) is 0 Å². The molecule has 0 heteroatoms. The van der Waals surface area contributed by atoms with Crippen LogP contribution < -0.4 is 0 Å². The van der Waals surface area contributed by atoms with Crippen molar-refractivity contribution >= 4 is 0 Å². The van der Waals surface area contributed by atoms with Crippen LogP contribution in [-0.2, 0) is 0 Å². The molecule has 0 N–H and O–H groups in total. The highest BCUT2D eigenvalue weighted by atomic mass is 13.7. The SMILES string of the molecule is C=C(C)/C=[C]/CC. The maximum Gasteiger partial charge on any atom is -0.0305 e. The molecule has 0 spiro atoms. The quantitative estimate of drug-likeness (QED) is 0.462. The summed E-state index contributed by atoms with van der Waals surface area (Å²) >= 11 is 0. The van der Waals surface area contributed by atoms with Crippen molar-refractivity contribution < 1.29 is 0 Å². The molecule has 0 aliphatic rings. The second-order valence-electron chi connectivity index (χ2n) is 1.55. The number of hydrogen-bond acceptors (Lipinski definition) is 0. The van der Waals surface area contributed by atoms with Crippen LogP contribution in [0.25, 0.3) is 0 Å². The molecule has 0 rings (SSSR count). The van der Waals surface area contributed by atoms with Crippen LogP contribution in [0.4, 0.5) is 0 Å². The summed E-state index contributed by atoms with van der Waals surface area (Å²) in [5.74, 6) is 0. The van der Waals surface area contributed by atoms with Gasteiger partial charge in [-0.1, -0.05) is 25.2 Å². The molecule has 0 aromatic heterocycles. The van der Waals surface area contributed by atoms with Gasteiger partial charge in [-0.15, -0.1) is 0 Å². The highest BCUT2D eigenvalue weighted by Gasteiger charge is 1.68. The standard InChI is InChI=1S/C7H11/c1-4-5-6-7(2)3/h6H,2,4H2,1,3H3. The normalized spacial score (nSPS) is 10.0. The Bertz CT molecular complexity index is 78.0. The van der Waals surface area contributed by atoms with Gasteiger partial charge in [-0.3, -0.25) is 0 Å². The second-order valence-corrected chi connectivity index (χ2v) is 1.55. The molecule has 7 heavy (non-hydrogen) atoms. The van der Waals surface area contributed by atoms with Crippen LogP contribution >= 0.6 is 0 Å². The summed E-state index contributed by atoms with van der Waals surface area (Å²) in [6, 6.07) is 0. The molecule has 0 amide bonds. The predicted octanol–water partition coefficient (Wildman–Crippen LogP) is 2.33. The summed E-state index contributed by atoms with van der Waals surface area (Å²) in [5.41, 5.74) is 1.07. The molecule has 39 valence electrons. The van der Waals surface area contributed by atoms with Gasteiger partial charge in [-0.05, 0) is 19.4 Å². The molecule has 0 aromatic carbocycles. The zero-order valence-corrected chi connectivity index (χ0v) is 4.99. The van der Waals surface area contributed by atoms with E-state index in [0.717, 1.165) is 12.0 Å². The van der Waals surface area contributed by atoms with Crippen molar-refractivity contribution in [3.63, 3.8) is 0 Å². The van der Waals surface area contributed by atoms with Crippen molar-refractivity contribution in [1.29, 1.82) is 0 Å². The van der Waals surface area contributed by atoms with Crippen LogP contribution in [-0.4, -0.2) is 0 Å². The number of rotatable bonds is 2. The molecule has 0 atom stereocenters. The van der Waals surface area contributed by atoms with Crippen LogP contribution in [0.15, 0.2) is 18.2 Å². The maximum absolute atomic E-state index is 3.67. The van der Waals surface area contributed by atoms with E-state index in [9.17, 15) is 0 Å². The van der Waals surface area contributed by atoms with Crippen LogP contribution in [0.3, 0.4) is 0 Å². The van der Waals surface area contributed by atoms with Crippen molar-refractivity contribution in [3.05, 3.63) is 24.3 Å². The van der Waals surface area contributed by atoms with E-state index < -0.39 is 0 Å². The first kappa shape index (κ1) is 6.48. The zero-order valence-electron chi connectivity index (χ0n) is 4.99. The summed E-state index contributed by atoms with van der Waals surface area (Å²) < 4.78 is 0. The Labute approximate surface area is 45.5 Å². The van der Waals surface area contributed by atoms with Gasteiger partial charge < -0.3 is 0 Å². The highest BCUT2D eigenvalue weighted by molar-refractivity contribution is 5.07. The lowest BCUT2D eigenvalue weighted by Crippen LogP contribution is -1.59. The van der Waals surface area contributed by atoms with Crippen molar-refractivity contribution in [2.45, 2.75) is 20.3 Å². The Morgan fingerprint density at radius 2 is 2.43 bits per heavy atom. The van der Waals surface area contributed by atoms with E-state index in [0.29, 0.717) is 0 Å². The lowest BCUT2D eigenvalue weighted by atomic mass is 10.3. The Balaban J connectivity index is 3.26. The highest BCUT2D eigenvalue weighted by Crippen LogP contribution is 1.88. The molecule has 0 heterocycles. The van der Waals surface area contributed by atoms with Crippen molar-refractivity contribution in [2.24, 2.45) is 0 Å². The molecule has 0 aliphatic heterocycles. The maximum atomic E-state index is 3.67. The molecule has 0 bridgehead atoms. The summed E-state index contributed by atoms with van der Waals surface area (Å²) in [4.78, 5) is 0. The average Bonchev–Trinajstić information content (AvgIpc) is 1.61. The third-order valence-electron chi connectivity index (χ3n) is 0.553. The lowest BCUT2D eigenvalue weighted by molar-refractivity contribution is 1.18. The van der Waals surface area contributed by atoms with Crippen LogP contribution in [0, 0.1) is 6.08 Å². The van der Waals surface area contributed by atoms with Gasteiger partial charge in [0.2, 0.25) is 0 Å². The summed E-state index contributed by atoms with van der Waals surface area (Å²) in [6.45, 7) is 7.69. The average molecular weight is 95.2 g/mol. The van der Waals surface area contributed by atoms with Crippen LogP contribution in [0.2, 0.25) is 0 Å². The molecule has 0 saturated heterocycles. The Kier molecular flexibility index (Phi) is 3.39. The largest absolute Gasteiger partial charge is 0.0961 e. The molecule has 1 radical (unpaired) electrons. The summed E-state index contributed by atoms with van der Waals surface area (Å²) in [7, 11) is 0. The van der Waals surface area contributed by atoms with E-state index in [1.54, 1.807) is 0 Å². The fourth-order valence-electron chi connectivity index (χ4n) is 0.276. The third-order valence-corrected chi connectivity index (χ3v) is 0.553. The van der Waals surface area contributed by atoms with Crippen molar-refractivity contribution in [1.82, 2.24) is 0 Å². The Hall–Kier alpha value is -0.520. The first-order valence-corrected chi connectivity index (χ1v) is 2.49. The number of hydrogen-bond donors (Lipinski definition) is 0. The van der Waals surface area contributed by atoms with Gasteiger partial charge >= 0.3 is 0 Å². The molecule has 0 aromatic rings. The van der Waals surface area contributed by atoms with E-state index >= 15 is 0 Å². The zero-order chi connectivity index (χ0) is 5.70. The lowest BCUT2D eigenvalue weighted by Gasteiger charge is -1.78. The Morgan fingerprint density at radius 1 is 1.86 bits per heavy atom. The molecule has 0 fully saturated rings. The van der Waals surface area contributed by atoms with Gasteiger partial charge in [0.05, 0.1) is 0 Å². The van der Waals surface area contributed by atoms with Gasteiger partial charge in [-0.2, -0.15) is 0 Å². The fraction of sp³-hybridized carbons (Fsp3) is 0.429. The first-order valence-electron chi connectivity index (χ1n) is 2.49. The van der Waals surface area contributed by atoms with E-state index in [-0.39, 0.29) is 0 Å². The van der Waals surface area contributed by atoms with Crippen molar-refractivity contribution in [3.8, 4) is 0 Å². The minimum atomic E-state index is 0.979. The van der Waals surface area contributed by atoms with Gasteiger partial charge in [0.1, 0.15) is 0 Å². The molecule has 0 aliphatic carbocycles. The summed E-state index contributed by atoms with van der Waals surface area (Å²) in [5, 5.41) is 0.